The first-order valence-electron chi connectivity index (χ1n) is 9.37. The molecule has 2 amide bonds. The molecule has 28 heavy (non-hydrogen) atoms. The molecule has 0 aliphatic heterocycles. The van der Waals surface area contributed by atoms with E-state index in [2.05, 4.69) is 10.6 Å². The highest BCUT2D eigenvalue weighted by Gasteiger charge is 2.19. The van der Waals surface area contributed by atoms with E-state index in [-0.39, 0.29) is 17.9 Å². The summed E-state index contributed by atoms with van der Waals surface area (Å²) in [4.78, 5) is 25.1. The van der Waals surface area contributed by atoms with E-state index in [4.69, 9.17) is 16.3 Å². The molecule has 0 bridgehead atoms. The van der Waals surface area contributed by atoms with E-state index in [1.165, 1.54) is 0 Å². The molecule has 0 aliphatic carbocycles. The number of halogens is 1. The van der Waals surface area contributed by atoms with Gasteiger partial charge in [-0.3, -0.25) is 9.59 Å². The maximum atomic E-state index is 12.6. The summed E-state index contributed by atoms with van der Waals surface area (Å²) >= 11 is 6.18. The van der Waals surface area contributed by atoms with Gasteiger partial charge in [-0.1, -0.05) is 30.7 Å². The number of amides is 2. The number of para-hydroxylation sites is 1. The van der Waals surface area contributed by atoms with Crippen LogP contribution < -0.4 is 15.4 Å². The van der Waals surface area contributed by atoms with Crippen LogP contribution in [0.4, 0.5) is 5.69 Å². The van der Waals surface area contributed by atoms with Crippen molar-refractivity contribution in [2.45, 2.75) is 53.2 Å². The van der Waals surface area contributed by atoms with Gasteiger partial charge in [-0.2, -0.15) is 0 Å². The summed E-state index contributed by atoms with van der Waals surface area (Å²) in [6, 6.07) is 10.6. The van der Waals surface area contributed by atoms with Gasteiger partial charge in [0.05, 0.1) is 11.3 Å². The van der Waals surface area contributed by atoms with Crippen molar-refractivity contribution in [2.24, 2.45) is 0 Å². The maximum Gasteiger partial charge on any atom is 0.265 e. The first kappa shape index (κ1) is 21.8. The van der Waals surface area contributed by atoms with Gasteiger partial charge in [-0.15, -0.1) is 0 Å². The number of anilines is 1. The quantitative estimate of drug-likeness (QED) is 0.692. The van der Waals surface area contributed by atoms with E-state index in [1.807, 2.05) is 27.7 Å². The molecule has 0 radical (unpaired) electrons. The van der Waals surface area contributed by atoms with Crippen molar-refractivity contribution in [3.8, 4) is 5.75 Å². The van der Waals surface area contributed by atoms with Crippen molar-refractivity contribution in [2.75, 3.05) is 5.32 Å². The average Bonchev–Trinajstić information content (AvgIpc) is 2.66. The third-order valence-electron chi connectivity index (χ3n) is 4.51. The van der Waals surface area contributed by atoms with Gasteiger partial charge in [-0.25, -0.2) is 0 Å². The molecule has 0 spiro atoms. The minimum absolute atomic E-state index is 0.0508. The summed E-state index contributed by atoms with van der Waals surface area (Å²) in [5, 5.41) is 6.39. The zero-order chi connectivity index (χ0) is 20.8. The van der Waals surface area contributed by atoms with Gasteiger partial charge in [0.15, 0.2) is 6.10 Å². The Labute approximate surface area is 171 Å². The normalized spacial score (nSPS) is 12.8. The van der Waals surface area contributed by atoms with Crippen molar-refractivity contribution in [3.05, 3.63) is 58.1 Å². The smallest absolute Gasteiger partial charge is 0.265 e. The number of nitrogens with one attached hydrogen (secondary N) is 2. The molecule has 2 atom stereocenters. The second-order valence-electron chi connectivity index (χ2n) is 6.95. The van der Waals surface area contributed by atoms with Crippen molar-refractivity contribution >= 4 is 29.1 Å². The molecule has 2 rings (SSSR count). The Bertz CT molecular complexity index is 844. The van der Waals surface area contributed by atoms with Crippen LogP contribution in [0.15, 0.2) is 36.4 Å². The third kappa shape index (κ3) is 5.49. The van der Waals surface area contributed by atoms with Crippen LogP contribution in [0.25, 0.3) is 0 Å². The third-order valence-corrected chi connectivity index (χ3v) is 5.11. The summed E-state index contributed by atoms with van der Waals surface area (Å²) in [5.74, 6) is 0.0154. The monoisotopic (exact) mass is 402 g/mol. The number of carbonyl (C=O) groups excluding carboxylic acids is 2. The predicted octanol–water partition coefficient (Wildman–Crippen LogP) is 4.89. The second-order valence-corrected chi connectivity index (χ2v) is 7.33. The molecule has 2 aromatic rings. The van der Waals surface area contributed by atoms with Gasteiger partial charge in [-0.05, 0) is 69.5 Å². The lowest BCUT2D eigenvalue weighted by Crippen LogP contribution is -2.34. The van der Waals surface area contributed by atoms with Crippen LogP contribution in [-0.2, 0) is 4.79 Å². The highest BCUT2D eigenvalue weighted by atomic mass is 35.5. The van der Waals surface area contributed by atoms with Crippen LogP contribution in [0.5, 0.6) is 5.75 Å². The molecule has 0 unspecified atom stereocenters. The minimum Gasteiger partial charge on any atom is -0.481 e. The van der Waals surface area contributed by atoms with Crippen molar-refractivity contribution in [3.63, 3.8) is 0 Å². The van der Waals surface area contributed by atoms with Crippen LogP contribution >= 0.6 is 11.6 Å². The summed E-state index contributed by atoms with van der Waals surface area (Å²) < 4.78 is 5.78. The predicted molar refractivity (Wildman–Crippen MR) is 113 cm³/mol. The van der Waals surface area contributed by atoms with Gasteiger partial charge in [0.1, 0.15) is 5.75 Å². The number of hydrogen-bond donors (Lipinski definition) is 2. The molecule has 0 aliphatic rings. The molecule has 0 fully saturated rings. The van der Waals surface area contributed by atoms with E-state index in [1.54, 1.807) is 43.3 Å². The fraction of sp³-hybridized carbons (Fsp3) is 0.364. The zero-order valence-electron chi connectivity index (χ0n) is 16.9. The van der Waals surface area contributed by atoms with E-state index >= 15 is 0 Å². The summed E-state index contributed by atoms with van der Waals surface area (Å²) in [6.45, 7) is 9.37. The first-order valence-corrected chi connectivity index (χ1v) is 9.74. The standard InChI is InChI=1S/C22H27ClN2O3/c1-6-15(4)24-22(27)18-9-7-8-10-19(18)25-21(26)16(5)28-17-11-13(2)20(23)14(3)12-17/h7-12,15-16H,6H2,1-5H3,(H,24,27)(H,25,26)/t15-,16-/m1/s1. The number of carbonyl (C=O) groups is 2. The van der Waals surface area contributed by atoms with Gasteiger partial charge in [0.25, 0.3) is 11.8 Å². The Kier molecular flexibility index (Phi) is 7.46. The molecule has 5 nitrogen and oxygen atoms in total. The highest BCUT2D eigenvalue weighted by molar-refractivity contribution is 6.32. The molecule has 2 N–H and O–H groups in total. The zero-order valence-corrected chi connectivity index (χ0v) is 17.7. The van der Waals surface area contributed by atoms with Gasteiger partial charge < -0.3 is 15.4 Å². The molecule has 0 heterocycles. The van der Waals surface area contributed by atoms with Crippen molar-refractivity contribution in [1.82, 2.24) is 5.32 Å². The van der Waals surface area contributed by atoms with E-state index < -0.39 is 6.10 Å². The highest BCUT2D eigenvalue weighted by Crippen LogP contribution is 2.26. The largest absolute Gasteiger partial charge is 0.481 e. The molecule has 2 aromatic carbocycles. The van der Waals surface area contributed by atoms with E-state index in [9.17, 15) is 9.59 Å². The molecule has 0 saturated heterocycles. The van der Waals surface area contributed by atoms with Gasteiger partial charge >= 0.3 is 0 Å². The number of aryl methyl sites for hydroxylation is 2. The molecular formula is C22H27ClN2O3. The molecule has 6 heteroatoms. The lowest BCUT2D eigenvalue weighted by molar-refractivity contribution is -0.122. The van der Waals surface area contributed by atoms with Crippen LogP contribution in [0.2, 0.25) is 5.02 Å². The molecular weight excluding hydrogens is 376 g/mol. The number of ether oxygens (including phenoxy) is 1. The van der Waals surface area contributed by atoms with Gasteiger partial charge in [0.2, 0.25) is 0 Å². The first-order chi connectivity index (χ1) is 13.2. The van der Waals surface area contributed by atoms with E-state index in [0.29, 0.717) is 22.0 Å². The fourth-order valence-electron chi connectivity index (χ4n) is 2.66. The minimum atomic E-state index is -0.745. The van der Waals surface area contributed by atoms with Crippen LogP contribution in [0.1, 0.15) is 48.7 Å². The number of rotatable bonds is 7. The molecule has 0 aromatic heterocycles. The summed E-state index contributed by atoms with van der Waals surface area (Å²) in [7, 11) is 0. The Morgan fingerprint density at radius 2 is 1.71 bits per heavy atom. The maximum absolute atomic E-state index is 12.6. The SMILES string of the molecule is CC[C@@H](C)NC(=O)c1ccccc1NC(=O)[C@@H](C)Oc1cc(C)c(Cl)c(C)c1. The molecule has 0 saturated carbocycles. The lowest BCUT2D eigenvalue weighted by Gasteiger charge is -2.18. The van der Waals surface area contributed by atoms with Crippen LogP contribution in [0.3, 0.4) is 0 Å². The van der Waals surface area contributed by atoms with E-state index in [0.717, 1.165) is 17.5 Å². The second kappa shape index (κ2) is 9.60. The Balaban J connectivity index is 2.11. The topological polar surface area (TPSA) is 67.4 Å². The Morgan fingerprint density at radius 1 is 1.11 bits per heavy atom. The number of hydrogen-bond acceptors (Lipinski definition) is 3. The lowest BCUT2D eigenvalue weighted by atomic mass is 10.1. The van der Waals surface area contributed by atoms with Crippen LogP contribution in [-0.4, -0.2) is 24.0 Å². The Morgan fingerprint density at radius 3 is 2.32 bits per heavy atom. The molecule has 150 valence electrons. The Hall–Kier alpha value is -2.53. The van der Waals surface area contributed by atoms with Crippen LogP contribution in [0, 0.1) is 13.8 Å². The van der Waals surface area contributed by atoms with Gasteiger partial charge in [0, 0.05) is 11.1 Å². The number of benzene rings is 2. The average molecular weight is 403 g/mol. The summed E-state index contributed by atoms with van der Waals surface area (Å²) in [5.41, 5.74) is 2.64. The van der Waals surface area contributed by atoms with Crippen molar-refractivity contribution < 1.29 is 14.3 Å². The van der Waals surface area contributed by atoms with Crippen molar-refractivity contribution in [1.29, 1.82) is 0 Å². The summed E-state index contributed by atoms with van der Waals surface area (Å²) in [6.07, 6.45) is 0.0797. The fourth-order valence-corrected chi connectivity index (χ4v) is 2.77.